The Morgan fingerprint density at radius 1 is 1.50 bits per heavy atom. The second-order valence-corrected chi connectivity index (χ2v) is 6.56. The normalized spacial score (nSPS) is 18.2. The number of hydrogen-bond acceptors (Lipinski definition) is 3. The third-order valence-electron chi connectivity index (χ3n) is 3.46. The van der Waals surface area contributed by atoms with E-state index >= 15 is 0 Å². The smallest absolute Gasteiger partial charge is 0.303 e. The topological polar surface area (TPSA) is 99.3 Å². The van der Waals surface area contributed by atoms with Crippen molar-refractivity contribution in [1.29, 1.82) is 0 Å². The van der Waals surface area contributed by atoms with E-state index < -0.39 is 21.4 Å². The van der Waals surface area contributed by atoms with E-state index in [2.05, 4.69) is 9.71 Å². The minimum Gasteiger partial charge on any atom is -0.481 e. The summed E-state index contributed by atoms with van der Waals surface area (Å²) in [5, 5.41) is 8.85. The highest BCUT2D eigenvalue weighted by Crippen LogP contribution is 2.43. The Labute approximate surface area is 105 Å². The van der Waals surface area contributed by atoms with Crippen LogP contribution in [0.1, 0.15) is 25.7 Å². The first-order valence-electron chi connectivity index (χ1n) is 5.78. The van der Waals surface area contributed by atoms with Gasteiger partial charge < -0.3 is 10.1 Å². The fourth-order valence-corrected chi connectivity index (χ4v) is 3.35. The van der Waals surface area contributed by atoms with Crippen LogP contribution in [0.4, 0.5) is 0 Å². The third kappa shape index (κ3) is 2.73. The highest BCUT2D eigenvalue weighted by molar-refractivity contribution is 7.89. The van der Waals surface area contributed by atoms with Crippen molar-refractivity contribution in [2.24, 2.45) is 5.41 Å². The molecule has 0 bridgehead atoms. The van der Waals surface area contributed by atoms with Crippen molar-refractivity contribution in [2.75, 3.05) is 6.54 Å². The van der Waals surface area contributed by atoms with Crippen molar-refractivity contribution >= 4 is 16.0 Å². The molecule has 0 atom stereocenters. The van der Waals surface area contributed by atoms with Gasteiger partial charge in [0.1, 0.15) is 0 Å². The molecule has 0 radical (unpaired) electrons. The summed E-state index contributed by atoms with van der Waals surface area (Å²) < 4.78 is 26.3. The lowest BCUT2D eigenvalue weighted by atomic mass is 9.67. The first-order valence-corrected chi connectivity index (χ1v) is 7.26. The maximum Gasteiger partial charge on any atom is 0.303 e. The molecule has 0 aromatic carbocycles. The molecule has 6 nitrogen and oxygen atoms in total. The van der Waals surface area contributed by atoms with Crippen LogP contribution < -0.4 is 4.72 Å². The number of carboxylic acid groups (broad SMARTS) is 1. The van der Waals surface area contributed by atoms with E-state index in [0.29, 0.717) is 0 Å². The Hall–Kier alpha value is -1.34. The number of nitrogens with one attached hydrogen (secondary N) is 2. The molecule has 7 heteroatoms. The maximum atomic E-state index is 11.9. The predicted octanol–water partition coefficient (Wildman–Crippen LogP) is 0.938. The van der Waals surface area contributed by atoms with E-state index in [0.717, 1.165) is 19.3 Å². The number of rotatable bonds is 6. The first kappa shape index (κ1) is 13.1. The van der Waals surface area contributed by atoms with Gasteiger partial charge in [-0.3, -0.25) is 4.79 Å². The number of carbonyl (C=O) groups is 1. The third-order valence-corrected chi connectivity index (χ3v) is 4.86. The molecule has 1 aliphatic carbocycles. The lowest BCUT2D eigenvalue weighted by Crippen LogP contribution is -2.43. The highest BCUT2D eigenvalue weighted by atomic mass is 32.2. The molecule has 100 valence electrons. The molecule has 1 saturated carbocycles. The second-order valence-electron chi connectivity index (χ2n) is 4.80. The number of aromatic nitrogens is 1. The van der Waals surface area contributed by atoms with E-state index in [1.165, 1.54) is 18.5 Å². The van der Waals surface area contributed by atoms with Gasteiger partial charge in [0.2, 0.25) is 10.0 Å². The van der Waals surface area contributed by atoms with Crippen molar-refractivity contribution in [3.05, 3.63) is 18.5 Å². The van der Waals surface area contributed by atoms with Gasteiger partial charge in [0.25, 0.3) is 0 Å². The van der Waals surface area contributed by atoms with E-state index in [1.54, 1.807) is 0 Å². The Bertz CT molecular complexity index is 517. The summed E-state index contributed by atoms with van der Waals surface area (Å²) in [4.78, 5) is 13.6. The van der Waals surface area contributed by atoms with Gasteiger partial charge in [-0.2, -0.15) is 0 Å². The monoisotopic (exact) mass is 272 g/mol. The summed E-state index contributed by atoms with van der Waals surface area (Å²) in [6.07, 6.45) is 5.42. The van der Waals surface area contributed by atoms with Crippen molar-refractivity contribution in [3.8, 4) is 0 Å². The predicted molar refractivity (Wildman–Crippen MR) is 64.5 cm³/mol. The van der Waals surface area contributed by atoms with Crippen molar-refractivity contribution in [2.45, 2.75) is 30.6 Å². The van der Waals surface area contributed by atoms with Gasteiger partial charge in [0.05, 0.1) is 11.3 Å². The van der Waals surface area contributed by atoms with Gasteiger partial charge in [-0.25, -0.2) is 13.1 Å². The lowest BCUT2D eigenvalue weighted by Gasteiger charge is -2.40. The van der Waals surface area contributed by atoms with Crippen LogP contribution in [-0.4, -0.2) is 31.0 Å². The second kappa shape index (κ2) is 4.74. The first-order chi connectivity index (χ1) is 8.44. The number of carboxylic acids is 1. The number of sulfonamides is 1. The molecular weight excluding hydrogens is 256 g/mol. The zero-order valence-corrected chi connectivity index (χ0v) is 10.7. The molecule has 0 amide bonds. The molecular formula is C11H16N2O4S. The van der Waals surface area contributed by atoms with E-state index in [4.69, 9.17) is 5.11 Å². The molecule has 1 aliphatic rings. The van der Waals surface area contributed by atoms with Crippen LogP contribution in [0.25, 0.3) is 0 Å². The van der Waals surface area contributed by atoms with Crippen molar-refractivity contribution in [1.82, 2.24) is 9.71 Å². The minimum absolute atomic E-state index is 0.0165. The number of aromatic amines is 1. The number of hydrogen-bond donors (Lipinski definition) is 3. The molecule has 1 aromatic heterocycles. The number of aliphatic carboxylic acids is 1. The molecule has 1 aromatic rings. The van der Waals surface area contributed by atoms with Gasteiger partial charge in [-0.1, -0.05) is 6.42 Å². The molecule has 0 saturated heterocycles. The Morgan fingerprint density at radius 2 is 2.22 bits per heavy atom. The average molecular weight is 272 g/mol. The summed E-state index contributed by atoms with van der Waals surface area (Å²) in [5.41, 5.74) is -0.408. The van der Waals surface area contributed by atoms with Crippen LogP contribution in [0.15, 0.2) is 23.4 Å². The highest BCUT2D eigenvalue weighted by Gasteiger charge is 2.39. The molecule has 0 aliphatic heterocycles. The molecule has 2 rings (SSSR count). The van der Waals surface area contributed by atoms with Gasteiger partial charge in [0, 0.05) is 18.9 Å². The summed E-state index contributed by atoms with van der Waals surface area (Å²) >= 11 is 0. The van der Waals surface area contributed by atoms with Crippen LogP contribution in [0.3, 0.4) is 0 Å². The van der Waals surface area contributed by atoms with Crippen LogP contribution >= 0.6 is 0 Å². The largest absolute Gasteiger partial charge is 0.481 e. The summed E-state index contributed by atoms with van der Waals surface area (Å²) in [6.45, 7) is 0.187. The quantitative estimate of drug-likeness (QED) is 0.717. The van der Waals surface area contributed by atoms with Crippen LogP contribution in [0.2, 0.25) is 0 Å². The standard InChI is InChI=1S/C11H16N2O4S/c14-10(15)6-11(3-1-4-11)8-13-18(16,17)9-2-5-12-7-9/h2,5,7,12-13H,1,3-4,6,8H2,(H,14,15). The summed E-state index contributed by atoms with van der Waals surface area (Å²) in [5.74, 6) is -0.879. The van der Waals surface area contributed by atoms with Gasteiger partial charge in [0.15, 0.2) is 0 Å². The molecule has 18 heavy (non-hydrogen) atoms. The van der Waals surface area contributed by atoms with Gasteiger partial charge in [-0.05, 0) is 24.3 Å². The minimum atomic E-state index is -3.54. The number of H-pyrrole nitrogens is 1. The average Bonchev–Trinajstić information content (AvgIpc) is 2.75. The fourth-order valence-electron chi connectivity index (χ4n) is 2.22. The van der Waals surface area contributed by atoms with Crippen molar-refractivity contribution < 1.29 is 18.3 Å². The Balaban J connectivity index is 2.01. The van der Waals surface area contributed by atoms with Crippen molar-refractivity contribution in [3.63, 3.8) is 0 Å². The van der Waals surface area contributed by atoms with Gasteiger partial charge >= 0.3 is 5.97 Å². The molecule has 0 unspecified atom stereocenters. The van der Waals surface area contributed by atoms with Gasteiger partial charge in [-0.15, -0.1) is 0 Å². The summed E-state index contributed by atoms with van der Waals surface area (Å²) in [6, 6.07) is 1.47. The van der Waals surface area contributed by atoms with E-state index in [-0.39, 0.29) is 17.9 Å². The maximum absolute atomic E-state index is 11.9. The Kier molecular flexibility index (Phi) is 3.45. The molecule has 3 N–H and O–H groups in total. The lowest BCUT2D eigenvalue weighted by molar-refractivity contribution is -0.141. The van der Waals surface area contributed by atoms with E-state index in [9.17, 15) is 13.2 Å². The molecule has 0 spiro atoms. The van der Waals surface area contributed by atoms with Crippen LogP contribution in [0.5, 0.6) is 0 Å². The van der Waals surface area contributed by atoms with E-state index in [1.807, 2.05) is 0 Å². The van der Waals surface area contributed by atoms with Crippen LogP contribution in [-0.2, 0) is 14.8 Å². The zero-order valence-electron chi connectivity index (χ0n) is 9.85. The molecule has 1 fully saturated rings. The fraction of sp³-hybridized carbons (Fsp3) is 0.545. The van der Waals surface area contributed by atoms with Crippen LogP contribution in [0, 0.1) is 5.41 Å². The zero-order chi connectivity index (χ0) is 13.2. The summed E-state index contributed by atoms with van der Waals surface area (Å²) in [7, 11) is -3.54. The Morgan fingerprint density at radius 3 is 2.67 bits per heavy atom. The molecule has 1 heterocycles. The SMILES string of the molecule is O=C(O)CC1(CNS(=O)(=O)c2cc[nH]c2)CCC1.